The van der Waals surface area contributed by atoms with Crippen LogP contribution in [0.25, 0.3) is 0 Å². The van der Waals surface area contributed by atoms with Gasteiger partial charge in [-0.05, 0) is 43.3 Å². The smallest absolute Gasteiger partial charge is 0.261 e. The van der Waals surface area contributed by atoms with Gasteiger partial charge < -0.3 is 5.32 Å². The second kappa shape index (κ2) is 7.67. The van der Waals surface area contributed by atoms with Gasteiger partial charge in [-0.2, -0.15) is 0 Å². The third-order valence-electron chi connectivity index (χ3n) is 3.55. The van der Waals surface area contributed by atoms with Crippen LogP contribution in [0.5, 0.6) is 0 Å². The first-order valence-corrected chi connectivity index (χ1v) is 10.1. The molecule has 1 amide bonds. The molecule has 0 spiro atoms. The fourth-order valence-electron chi connectivity index (χ4n) is 2.26. The van der Waals surface area contributed by atoms with Crippen molar-refractivity contribution in [2.45, 2.75) is 18.4 Å². The number of sulfonamides is 1. The number of anilines is 1. The maximum absolute atomic E-state index is 12.4. The van der Waals surface area contributed by atoms with Gasteiger partial charge in [0.2, 0.25) is 0 Å². The van der Waals surface area contributed by atoms with Crippen molar-refractivity contribution in [3.8, 4) is 0 Å². The van der Waals surface area contributed by atoms with Crippen molar-refractivity contribution in [3.63, 3.8) is 0 Å². The van der Waals surface area contributed by atoms with E-state index in [4.69, 9.17) is 0 Å². The van der Waals surface area contributed by atoms with Crippen LogP contribution >= 0.6 is 11.3 Å². The van der Waals surface area contributed by atoms with Gasteiger partial charge in [0.15, 0.2) is 0 Å². The van der Waals surface area contributed by atoms with Crippen molar-refractivity contribution in [1.82, 2.24) is 10.3 Å². The number of aryl methyl sites for hydroxylation is 1. The van der Waals surface area contributed by atoms with E-state index in [1.165, 1.54) is 35.6 Å². The molecule has 3 aromatic rings. The van der Waals surface area contributed by atoms with E-state index in [0.29, 0.717) is 17.8 Å². The Hall–Kier alpha value is -2.71. The molecule has 0 aliphatic carbocycles. The van der Waals surface area contributed by atoms with Crippen LogP contribution in [0.2, 0.25) is 0 Å². The molecule has 8 heteroatoms. The maximum atomic E-state index is 12.4. The number of para-hydroxylation sites is 1. The third-order valence-corrected chi connectivity index (χ3v) is 5.86. The average Bonchev–Trinajstić information content (AvgIpc) is 3.05. The molecule has 2 aromatic carbocycles. The summed E-state index contributed by atoms with van der Waals surface area (Å²) in [5, 5.41) is 3.73. The molecule has 1 aromatic heterocycles. The van der Waals surface area contributed by atoms with E-state index in [2.05, 4.69) is 15.0 Å². The first-order valence-electron chi connectivity index (χ1n) is 7.81. The predicted octanol–water partition coefficient (Wildman–Crippen LogP) is 3.18. The molecule has 1 heterocycles. The van der Waals surface area contributed by atoms with Crippen LogP contribution in [0, 0.1) is 6.92 Å². The monoisotopic (exact) mass is 387 g/mol. The van der Waals surface area contributed by atoms with Crippen molar-refractivity contribution in [2.24, 2.45) is 0 Å². The first kappa shape index (κ1) is 18.1. The van der Waals surface area contributed by atoms with Crippen LogP contribution in [0.1, 0.15) is 20.2 Å². The lowest BCUT2D eigenvalue weighted by Gasteiger charge is -2.09. The van der Waals surface area contributed by atoms with E-state index in [0.717, 1.165) is 9.88 Å². The zero-order chi connectivity index (χ0) is 18.6. The molecule has 0 saturated carbocycles. The molecule has 6 nitrogen and oxygen atoms in total. The average molecular weight is 387 g/mol. The van der Waals surface area contributed by atoms with E-state index in [1.807, 2.05) is 6.92 Å². The molecule has 26 heavy (non-hydrogen) atoms. The highest BCUT2D eigenvalue weighted by molar-refractivity contribution is 7.92. The summed E-state index contributed by atoms with van der Waals surface area (Å²) < 4.78 is 27.3. The topological polar surface area (TPSA) is 88.2 Å². The number of benzene rings is 2. The minimum absolute atomic E-state index is 0.0935. The van der Waals surface area contributed by atoms with E-state index in [-0.39, 0.29) is 10.8 Å². The van der Waals surface area contributed by atoms with Crippen LogP contribution in [0.3, 0.4) is 0 Å². The van der Waals surface area contributed by atoms with Gasteiger partial charge in [0.25, 0.3) is 15.9 Å². The van der Waals surface area contributed by atoms with Gasteiger partial charge in [-0.3, -0.25) is 9.52 Å². The van der Waals surface area contributed by atoms with Gasteiger partial charge in [-0.15, -0.1) is 11.3 Å². The number of rotatable bonds is 6. The fraction of sp³-hybridized carbons (Fsp3) is 0.111. The first-order chi connectivity index (χ1) is 12.4. The van der Waals surface area contributed by atoms with Gasteiger partial charge in [0, 0.05) is 22.3 Å². The largest absolute Gasteiger partial charge is 0.347 e. The minimum atomic E-state index is -3.70. The Balaban J connectivity index is 1.66. The Morgan fingerprint density at radius 1 is 1.08 bits per heavy atom. The van der Waals surface area contributed by atoms with Crippen LogP contribution in [0.4, 0.5) is 5.69 Å². The second-order valence-corrected chi connectivity index (χ2v) is 8.53. The molecule has 0 radical (unpaired) electrons. The molecule has 0 unspecified atom stereocenters. The molecule has 0 aliphatic heterocycles. The third kappa shape index (κ3) is 4.47. The lowest BCUT2D eigenvalue weighted by Crippen LogP contribution is -2.22. The van der Waals surface area contributed by atoms with Gasteiger partial charge in [0.05, 0.1) is 16.4 Å². The van der Waals surface area contributed by atoms with Crippen molar-refractivity contribution < 1.29 is 13.2 Å². The molecule has 2 N–H and O–H groups in total. The number of amides is 1. The zero-order valence-electron chi connectivity index (χ0n) is 14.0. The Kier molecular flexibility index (Phi) is 5.34. The number of thiazole rings is 1. The van der Waals surface area contributed by atoms with Crippen molar-refractivity contribution in [1.29, 1.82) is 0 Å². The Morgan fingerprint density at radius 2 is 1.77 bits per heavy atom. The van der Waals surface area contributed by atoms with Crippen molar-refractivity contribution >= 4 is 33.0 Å². The van der Waals surface area contributed by atoms with E-state index < -0.39 is 10.0 Å². The van der Waals surface area contributed by atoms with Crippen molar-refractivity contribution in [3.05, 3.63) is 76.2 Å². The summed E-state index contributed by atoms with van der Waals surface area (Å²) in [6.07, 6.45) is 1.73. The Morgan fingerprint density at radius 3 is 2.38 bits per heavy atom. The predicted molar refractivity (Wildman–Crippen MR) is 102 cm³/mol. The molecule has 0 fully saturated rings. The summed E-state index contributed by atoms with van der Waals surface area (Å²) >= 11 is 1.52. The van der Waals surface area contributed by atoms with Gasteiger partial charge >= 0.3 is 0 Å². The van der Waals surface area contributed by atoms with Gasteiger partial charge in [0.1, 0.15) is 0 Å². The summed E-state index contributed by atoms with van der Waals surface area (Å²) in [4.78, 5) is 17.4. The molecule has 0 saturated heterocycles. The molecule has 0 atom stereocenters. The number of nitrogens with zero attached hydrogens (tertiary/aromatic N) is 1. The number of nitrogens with one attached hydrogen (secondary N) is 2. The Bertz CT molecular complexity index is 998. The molecule has 0 bridgehead atoms. The van der Waals surface area contributed by atoms with E-state index >= 15 is 0 Å². The Labute approximate surface area is 156 Å². The number of carbonyl (C=O) groups is 1. The van der Waals surface area contributed by atoms with Crippen LogP contribution in [0.15, 0.2) is 65.7 Å². The number of carbonyl (C=O) groups excluding carboxylic acids is 1. The normalized spacial score (nSPS) is 11.1. The molecule has 3 rings (SSSR count). The van der Waals surface area contributed by atoms with Gasteiger partial charge in [-0.25, -0.2) is 13.4 Å². The lowest BCUT2D eigenvalue weighted by atomic mass is 10.2. The summed E-state index contributed by atoms with van der Waals surface area (Å²) in [6, 6.07) is 14.4. The molecular formula is C18H17N3O3S2. The van der Waals surface area contributed by atoms with Gasteiger partial charge in [-0.1, -0.05) is 18.2 Å². The highest BCUT2D eigenvalue weighted by Crippen LogP contribution is 2.16. The van der Waals surface area contributed by atoms with E-state index in [1.54, 1.807) is 36.5 Å². The zero-order valence-corrected chi connectivity index (χ0v) is 15.6. The highest BCUT2D eigenvalue weighted by Gasteiger charge is 2.15. The minimum Gasteiger partial charge on any atom is -0.347 e. The molecular weight excluding hydrogens is 370 g/mol. The standard InChI is InChI=1S/C18H17N3O3S2/c1-13-19-11-16(25-13)12-20-18(22)14-7-9-17(10-8-14)26(23,24)21-15-5-3-2-4-6-15/h2-11,21H,12H2,1H3,(H,20,22). The maximum Gasteiger partial charge on any atom is 0.261 e. The van der Waals surface area contributed by atoms with E-state index in [9.17, 15) is 13.2 Å². The van der Waals surface area contributed by atoms with Crippen LogP contribution in [-0.2, 0) is 16.6 Å². The summed E-state index contributed by atoms with van der Waals surface area (Å²) in [6.45, 7) is 2.29. The summed E-state index contributed by atoms with van der Waals surface area (Å²) in [5.74, 6) is -0.268. The number of aromatic nitrogens is 1. The highest BCUT2D eigenvalue weighted by atomic mass is 32.2. The van der Waals surface area contributed by atoms with Crippen LogP contribution in [-0.4, -0.2) is 19.3 Å². The number of hydrogen-bond donors (Lipinski definition) is 2. The number of hydrogen-bond acceptors (Lipinski definition) is 5. The second-order valence-electron chi connectivity index (χ2n) is 5.52. The van der Waals surface area contributed by atoms with Crippen LogP contribution < -0.4 is 10.0 Å². The fourth-order valence-corrected chi connectivity index (χ4v) is 4.06. The SMILES string of the molecule is Cc1ncc(CNC(=O)c2ccc(S(=O)(=O)Nc3ccccc3)cc2)s1. The lowest BCUT2D eigenvalue weighted by molar-refractivity contribution is 0.0951. The van der Waals surface area contributed by atoms with Crippen molar-refractivity contribution in [2.75, 3.05) is 4.72 Å². The summed E-state index contributed by atoms with van der Waals surface area (Å²) in [5.41, 5.74) is 0.874. The molecule has 134 valence electrons. The summed E-state index contributed by atoms with van der Waals surface area (Å²) in [7, 11) is -3.70. The quantitative estimate of drug-likeness (QED) is 0.680. The molecule has 0 aliphatic rings.